The number of aryl methyl sites for hydroxylation is 1. The van der Waals surface area contributed by atoms with E-state index in [1.807, 2.05) is 24.3 Å². The van der Waals surface area contributed by atoms with Gasteiger partial charge in [0, 0.05) is 18.6 Å². The molecule has 5 heteroatoms. The summed E-state index contributed by atoms with van der Waals surface area (Å²) in [5, 5.41) is 5.02. The second kappa shape index (κ2) is 4.59. The first-order valence-corrected chi connectivity index (χ1v) is 6.53. The van der Waals surface area contributed by atoms with Crippen LogP contribution < -0.4 is 0 Å². The van der Waals surface area contributed by atoms with E-state index in [9.17, 15) is 4.79 Å². The Bertz CT molecular complexity index is 754. The monoisotopic (exact) mass is 315 g/mol. The summed E-state index contributed by atoms with van der Waals surface area (Å²) in [6, 6.07) is 9.39. The Balaban J connectivity index is 2.23. The molecule has 2 aromatic heterocycles. The number of ketones is 1. The molecule has 0 bridgehead atoms. The first kappa shape index (κ1) is 12.0. The van der Waals surface area contributed by atoms with Crippen LogP contribution in [0, 0.1) is 0 Å². The van der Waals surface area contributed by atoms with E-state index in [2.05, 4.69) is 26.0 Å². The highest BCUT2D eigenvalue weighted by molar-refractivity contribution is 9.10. The number of pyridine rings is 1. The Labute approximate surface area is 118 Å². The van der Waals surface area contributed by atoms with Gasteiger partial charge >= 0.3 is 0 Å². The van der Waals surface area contributed by atoms with E-state index >= 15 is 0 Å². The normalized spacial score (nSPS) is 10.8. The van der Waals surface area contributed by atoms with Crippen LogP contribution in [0.1, 0.15) is 16.1 Å². The van der Waals surface area contributed by atoms with Crippen LogP contribution in [0.4, 0.5) is 0 Å². The van der Waals surface area contributed by atoms with Gasteiger partial charge in [0.25, 0.3) is 0 Å². The Morgan fingerprint density at radius 3 is 2.79 bits per heavy atom. The van der Waals surface area contributed by atoms with Crippen LogP contribution in [-0.2, 0) is 7.05 Å². The fraction of sp³-hybridized carbons (Fsp3) is 0.0714. The first-order valence-electron chi connectivity index (χ1n) is 5.74. The average Bonchev–Trinajstić information content (AvgIpc) is 2.77. The molecule has 94 valence electrons. The van der Waals surface area contributed by atoms with Gasteiger partial charge in [-0.05, 0) is 28.1 Å². The molecule has 1 aromatic carbocycles. The highest BCUT2D eigenvalue weighted by atomic mass is 79.9. The van der Waals surface area contributed by atoms with Gasteiger partial charge in [-0.2, -0.15) is 5.10 Å². The van der Waals surface area contributed by atoms with E-state index in [0.717, 1.165) is 5.39 Å². The SMILES string of the molecule is Cn1ncc(Br)c1C(=O)c1cccc2cccnc12. The lowest BCUT2D eigenvalue weighted by molar-refractivity contribution is 0.103. The zero-order valence-corrected chi connectivity index (χ0v) is 11.8. The van der Waals surface area contributed by atoms with Crippen LogP contribution in [0.2, 0.25) is 0 Å². The van der Waals surface area contributed by atoms with Crippen molar-refractivity contribution in [2.45, 2.75) is 0 Å². The van der Waals surface area contributed by atoms with Gasteiger partial charge in [-0.3, -0.25) is 14.5 Å². The summed E-state index contributed by atoms with van der Waals surface area (Å²) in [6.45, 7) is 0. The van der Waals surface area contributed by atoms with Crippen molar-refractivity contribution >= 4 is 32.6 Å². The lowest BCUT2D eigenvalue weighted by Gasteiger charge is -2.05. The maximum Gasteiger partial charge on any atom is 0.214 e. The maximum absolute atomic E-state index is 12.6. The molecule has 19 heavy (non-hydrogen) atoms. The van der Waals surface area contributed by atoms with E-state index in [0.29, 0.717) is 21.2 Å². The second-order valence-corrected chi connectivity index (χ2v) is 5.03. The molecule has 0 aliphatic heterocycles. The highest BCUT2D eigenvalue weighted by Crippen LogP contribution is 2.23. The molecule has 0 saturated heterocycles. The molecule has 4 nitrogen and oxygen atoms in total. The second-order valence-electron chi connectivity index (χ2n) is 4.17. The summed E-state index contributed by atoms with van der Waals surface area (Å²) < 4.78 is 2.25. The maximum atomic E-state index is 12.6. The number of aromatic nitrogens is 3. The number of hydrogen-bond donors (Lipinski definition) is 0. The Hall–Kier alpha value is -2.01. The van der Waals surface area contributed by atoms with Gasteiger partial charge in [0.15, 0.2) is 0 Å². The van der Waals surface area contributed by atoms with E-state index in [-0.39, 0.29) is 5.78 Å². The van der Waals surface area contributed by atoms with Crippen molar-refractivity contribution in [3.8, 4) is 0 Å². The number of benzene rings is 1. The molecule has 0 unspecified atom stereocenters. The quantitative estimate of drug-likeness (QED) is 0.683. The van der Waals surface area contributed by atoms with Crippen LogP contribution in [-0.4, -0.2) is 20.5 Å². The zero-order valence-electron chi connectivity index (χ0n) is 10.2. The third-order valence-corrected chi connectivity index (χ3v) is 3.57. The fourth-order valence-electron chi connectivity index (χ4n) is 2.08. The van der Waals surface area contributed by atoms with Crippen LogP contribution in [0.15, 0.2) is 47.2 Å². The molecule has 0 amide bonds. The molecule has 0 aliphatic carbocycles. The molecule has 0 aliphatic rings. The van der Waals surface area contributed by atoms with E-state index in [4.69, 9.17) is 0 Å². The molecule has 0 atom stereocenters. The third-order valence-electron chi connectivity index (χ3n) is 2.99. The third kappa shape index (κ3) is 1.96. The zero-order chi connectivity index (χ0) is 13.4. The number of carbonyl (C=O) groups excluding carboxylic acids is 1. The number of carbonyl (C=O) groups is 1. The summed E-state index contributed by atoms with van der Waals surface area (Å²) in [5.74, 6) is -0.0869. The predicted molar refractivity (Wildman–Crippen MR) is 76.1 cm³/mol. The first-order chi connectivity index (χ1) is 9.18. The van der Waals surface area contributed by atoms with Crippen LogP contribution in [0.25, 0.3) is 10.9 Å². The lowest BCUT2D eigenvalue weighted by atomic mass is 10.0. The minimum absolute atomic E-state index is 0.0869. The van der Waals surface area contributed by atoms with E-state index in [1.165, 1.54) is 0 Å². The number of hydrogen-bond acceptors (Lipinski definition) is 3. The van der Waals surface area contributed by atoms with Gasteiger partial charge in [-0.25, -0.2) is 0 Å². The Morgan fingerprint density at radius 2 is 2.05 bits per heavy atom. The summed E-state index contributed by atoms with van der Waals surface area (Å²) in [6.07, 6.45) is 3.31. The number of rotatable bonds is 2. The molecule has 2 heterocycles. The van der Waals surface area contributed by atoms with Crippen LogP contribution in [0.3, 0.4) is 0 Å². The minimum atomic E-state index is -0.0869. The summed E-state index contributed by atoms with van der Waals surface area (Å²) in [5.41, 5.74) is 1.82. The van der Waals surface area contributed by atoms with Crippen molar-refractivity contribution in [2.24, 2.45) is 7.05 Å². The minimum Gasteiger partial charge on any atom is -0.287 e. The standard InChI is InChI=1S/C14H10BrN3O/c1-18-13(11(15)8-17-18)14(19)10-6-2-4-9-5-3-7-16-12(9)10/h2-8H,1H3. The van der Waals surface area contributed by atoms with Gasteiger partial charge < -0.3 is 0 Å². The molecule has 3 aromatic rings. The van der Waals surface area contributed by atoms with Crippen molar-refractivity contribution in [3.05, 3.63) is 58.5 Å². The van der Waals surface area contributed by atoms with Crippen molar-refractivity contribution < 1.29 is 4.79 Å². The van der Waals surface area contributed by atoms with E-state index < -0.39 is 0 Å². The van der Waals surface area contributed by atoms with Gasteiger partial charge in [-0.1, -0.05) is 18.2 Å². The lowest BCUT2D eigenvalue weighted by Crippen LogP contribution is -2.09. The van der Waals surface area contributed by atoms with Gasteiger partial charge in [0.2, 0.25) is 5.78 Å². The van der Waals surface area contributed by atoms with Crippen LogP contribution >= 0.6 is 15.9 Å². The molecular formula is C14H10BrN3O. The molecule has 0 spiro atoms. The van der Waals surface area contributed by atoms with Crippen molar-refractivity contribution in [2.75, 3.05) is 0 Å². The number of halogens is 1. The smallest absolute Gasteiger partial charge is 0.214 e. The summed E-state index contributed by atoms with van der Waals surface area (Å²) >= 11 is 3.35. The van der Waals surface area contributed by atoms with Gasteiger partial charge in [-0.15, -0.1) is 0 Å². The van der Waals surface area contributed by atoms with Crippen molar-refractivity contribution in [1.82, 2.24) is 14.8 Å². The van der Waals surface area contributed by atoms with Gasteiger partial charge in [0.1, 0.15) is 5.69 Å². The molecular weight excluding hydrogens is 306 g/mol. The Morgan fingerprint density at radius 1 is 1.26 bits per heavy atom. The Kier molecular flexibility index (Phi) is 2.91. The molecule has 0 saturated carbocycles. The van der Waals surface area contributed by atoms with E-state index in [1.54, 1.807) is 30.2 Å². The predicted octanol–water partition coefficient (Wildman–Crippen LogP) is 2.96. The van der Waals surface area contributed by atoms with Crippen molar-refractivity contribution in [1.29, 1.82) is 0 Å². The average molecular weight is 316 g/mol. The topological polar surface area (TPSA) is 47.8 Å². The molecule has 0 N–H and O–H groups in total. The van der Waals surface area contributed by atoms with Crippen LogP contribution in [0.5, 0.6) is 0 Å². The molecule has 0 fully saturated rings. The number of para-hydroxylation sites is 1. The highest BCUT2D eigenvalue weighted by Gasteiger charge is 2.19. The number of nitrogens with zero attached hydrogens (tertiary/aromatic N) is 3. The fourth-order valence-corrected chi connectivity index (χ4v) is 2.61. The molecule has 3 rings (SSSR count). The number of fused-ring (bicyclic) bond motifs is 1. The van der Waals surface area contributed by atoms with Gasteiger partial charge in [0.05, 0.1) is 21.7 Å². The summed E-state index contributed by atoms with van der Waals surface area (Å²) in [4.78, 5) is 16.9. The van der Waals surface area contributed by atoms with Crippen molar-refractivity contribution in [3.63, 3.8) is 0 Å². The molecule has 0 radical (unpaired) electrons. The largest absolute Gasteiger partial charge is 0.287 e. The summed E-state index contributed by atoms with van der Waals surface area (Å²) in [7, 11) is 1.75.